The molecule has 1 aliphatic rings. The number of carbonyl (C=O) groups is 1. The molecular weight excluding hydrogens is 265 g/mol. The van der Waals surface area contributed by atoms with Gasteiger partial charge in [0.2, 0.25) is 0 Å². The van der Waals surface area contributed by atoms with Gasteiger partial charge in [0.05, 0.1) is 11.6 Å². The minimum absolute atomic E-state index is 0.0479. The van der Waals surface area contributed by atoms with Crippen LogP contribution < -0.4 is 5.32 Å². The van der Waals surface area contributed by atoms with Gasteiger partial charge in [0.1, 0.15) is 5.82 Å². The molecule has 0 aliphatic heterocycles. The van der Waals surface area contributed by atoms with Crippen molar-refractivity contribution in [2.45, 2.75) is 19.4 Å². The van der Waals surface area contributed by atoms with Crippen molar-refractivity contribution in [1.82, 2.24) is 5.32 Å². The molecule has 3 heteroatoms. The van der Waals surface area contributed by atoms with E-state index in [0.29, 0.717) is 11.8 Å². The highest BCUT2D eigenvalue weighted by atomic mass is 19.1. The molecule has 0 heterocycles. The molecule has 1 N–H and O–H groups in total. The Bertz CT molecular complexity index is 641. The second-order valence-electron chi connectivity index (χ2n) is 5.72. The Hall–Kier alpha value is -2.16. The Morgan fingerprint density at radius 2 is 1.76 bits per heavy atom. The van der Waals surface area contributed by atoms with Gasteiger partial charge in [0, 0.05) is 0 Å². The van der Waals surface area contributed by atoms with Crippen molar-refractivity contribution in [1.29, 1.82) is 0 Å². The molecule has 108 valence electrons. The fourth-order valence-corrected chi connectivity index (χ4v) is 2.78. The molecule has 0 spiro atoms. The van der Waals surface area contributed by atoms with Crippen LogP contribution in [-0.4, -0.2) is 5.91 Å². The van der Waals surface area contributed by atoms with Crippen LogP contribution in [-0.2, 0) is 0 Å². The second-order valence-corrected chi connectivity index (χ2v) is 5.72. The van der Waals surface area contributed by atoms with Crippen LogP contribution >= 0.6 is 0 Å². The van der Waals surface area contributed by atoms with E-state index in [2.05, 4.69) is 12.2 Å². The number of hydrogen-bond acceptors (Lipinski definition) is 1. The highest BCUT2D eigenvalue weighted by Crippen LogP contribution is 2.47. The van der Waals surface area contributed by atoms with Crippen molar-refractivity contribution in [2.75, 3.05) is 0 Å². The van der Waals surface area contributed by atoms with Gasteiger partial charge in [-0.15, -0.1) is 0 Å². The lowest BCUT2D eigenvalue weighted by Gasteiger charge is -2.19. The van der Waals surface area contributed by atoms with Crippen LogP contribution in [0.25, 0.3) is 0 Å². The van der Waals surface area contributed by atoms with Crippen LogP contribution in [0.15, 0.2) is 54.6 Å². The predicted octanol–water partition coefficient (Wildman–Crippen LogP) is 3.95. The molecule has 2 aromatic rings. The summed E-state index contributed by atoms with van der Waals surface area (Å²) in [5, 5.41) is 3.00. The van der Waals surface area contributed by atoms with Gasteiger partial charge in [-0.3, -0.25) is 4.79 Å². The quantitative estimate of drug-likeness (QED) is 0.904. The summed E-state index contributed by atoms with van der Waals surface area (Å²) in [4.78, 5) is 12.3. The Kier molecular flexibility index (Phi) is 3.74. The van der Waals surface area contributed by atoms with E-state index in [0.717, 1.165) is 12.0 Å². The molecule has 1 aliphatic carbocycles. The lowest BCUT2D eigenvalue weighted by Crippen LogP contribution is -2.30. The number of nitrogens with one attached hydrogen (secondary N) is 1. The maximum Gasteiger partial charge on any atom is 0.254 e. The van der Waals surface area contributed by atoms with Gasteiger partial charge in [0.15, 0.2) is 0 Å². The van der Waals surface area contributed by atoms with Crippen molar-refractivity contribution in [3.63, 3.8) is 0 Å². The maximum atomic E-state index is 13.7. The third-order valence-corrected chi connectivity index (χ3v) is 4.16. The van der Waals surface area contributed by atoms with E-state index in [1.54, 1.807) is 12.1 Å². The zero-order valence-corrected chi connectivity index (χ0v) is 11.9. The van der Waals surface area contributed by atoms with Crippen LogP contribution in [0.1, 0.15) is 35.3 Å². The summed E-state index contributed by atoms with van der Waals surface area (Å²) in [6.45, 7) is 2.18. The first-order valence-electron chi connectivity index (χ1n) is 7.27. The van der Waals surface area contributed by atoms with Crippen LogP contribution in [0.4, 0.5) is 4.39 Å². The fourth-order valence-electron chi connectivity index (χ4n) is 2.78. The molecular formula is C18H18FNO. The summed E-state index contributed by atoms with van der Waals surface area (Å²) in [6.07, 6.45) is 1.09. The molecule has 1 saturated carbocycles. The summed E-state index contributed by atoms with van der Waals surface area (Å²) in [6, 6.07) is 15.9. The lowest BCUT2D eigenvalue weighted by atomic mass is 10.0. The van der Waals surface area contributed by atoms with Gasteiger partial charge in [-0.1, -0.05) is 49.4 Å². The standard InChI is InChI=1S/C18H18FNO/c1-12-11-15(12)17(13-7-3-2-4-8-13)20-18(21)14-9-5-6-10-16(14)19/h2-10,12,15,17H,11H2,1H3,(H,20,21). The van der Waals surface area contributed by atoms with Crippen LogP contribution in [0.3, 0.4) is 0 Å². The number of rotatable bonds is 4. The van der Waals surface area contributed by atoms with Crippen LogP contribution in [0.2, 0.25) is 0 Å². The number of benzene rings is 2. The lowest BCUT2D eigenvalue weighted by molar-refractivity contribution is 0.0926. The molecule has 0 aromatic heterocycles. The molecule has 0 radical (unpaired) electrons. The average Bonchev–Trinajstić information content (AvgIpc) is 3.22. The third-order valence-electron chi connectivity index (χ3n) is 4.16. The first-order chi connectivity index (χ1) is 10.2. The van der Waals surface area contributed by atoms with Gasteiger partial charge < -0.3 is 5.32 Å². The summed E-state index contributed by atoms with van der Waals surface area (Å²) in [5.41, 5.74) is 1.18. The van der Waals surface area contributed by atoms with E-state index >= 15 is 0 Å². The summed E-state index contributed by atoms with van der Waals surface area (Å²) >= 11 is 0. The van der Waals surface area contributed by atoms with E-state index in [9.17, 15) is 9.18 Å². The van der Waals surface area contributed by atoms with Gasteiger partial charge in [-0.05, 0) is 36.0 Å². The van der Waals surface area contributed by atoms with Crippen molar-refractivity contribution < 1.29 is 9.18 Å². The van der Waals surface area contributed by atoms with Crippen molar-refractivity contribution in [2.24, 2.45) is 11.8 Å². The zero-order valence-electron chi connectivity index (χ0n) is 11.9. The Balaban J connectivity index is 1.83. The molecule has 0 bridgehead atoms. The normalized spacial score (nSPS) is 21.6. The topological polar surface area (TPSA) is 29.1 Å². The molecule has 3 rings (SSSR count). The highest BCUT2D eigenvalue weighted by molar-refractivity contribution is 5.94. The Morgan fingerprint density at radius 3 is 2.38 bits per heavy atom. The molecule has 1 amide bonds. The highest BCUT2D eigenvalue weighted by Gasteiger charge is 2.41. The molecule has 21 heavy (non-hydrogen) atoms. The van der Waals surface area contributed by atoms with E-state index in [1.165, 1.54) is 12.1 Å². The number of halogens is 1. The third kappa shape index (κ3) is 2.97. The molecule has 2 aromatic carbocycles. The van der Waals surface area contributed by atoms with Crippen LogP contribution in [0.5, 0.6) is 0 Å². The van der Waals surface area contributed by atoms with Crippen molar-refractivity contribution in [3.05, 3.63) is 71.5 Å². The maximum absolute atomic E-state index is 13.7. The summed E-state index contributed by atoms with van der Waals surface area (Å²) in [5.74, 6) is 0.200. The number of hydrogen-bond donors (Lipinski definition) is 1. The smallest absolute Gasteiger partial charge is 0.254 e. The van der Waals surface area contributed by atoms with Gasteiger partial charge >= 0.3 is 0 Å². The Morgan fingerprint density at radius 1 is 1.14 bits per heavy atom. The summed E-state index contributed by atoms with van der Waals surface area (Å²) < 4.78 is 13.7. The van der Waals surface area contributed by atoms with E-state index < -0.39 is 5.82 Å². The SMILES string of the molecule is CC1CC1C(NC(=O)c1ccccc1F)c1ccccc1. The van der Waals surface area contributed by atoms with Gasteiger partial charge in [-0.25, -0.2) is 4.39 Å². The number of carbonyl (C=O) groups excluding carboxylic acids is 1. The second kappa shape index (κ2) is 5.68. The van der Waals surface area contributed by atoms with Gasteiger partial charge in [0.25, 0.3) is 5.91 Å². The molecule has 2 nitrogen and oxygen atoms in total. The largest absolute Gasteiger partial charge is 0.345 e. The zero-order chi connectivity index (χ0) is 14.8. The van der Waals surface area contributed by atoms with Crippen molar-refractivity contribution in [3.8, 4) is 0 Å². The van der Waals surface area contributed by atoms with E-state index in [1.807, 2.05) is 30.3 Å². The van der Waals surface area contributed by atoms with E-state index in [4.69, 9.17) is 0 Å². The molecule has 3 atom stereocenters. The monoisotopic (exact) mass is 283 g/mol. The fraction of sp³-hybridized carbons (Fsp3) is 0.278. The minimum Gasteiger partial charge on any atom is -0.345 e. The van der Waals surface area contributed by atoms with Gasteiger partial charge in [-0.2, -0.15) is 0 Å². The average molecular weight is 283 g/mol. The molecule has 3 unspecified atom stereocenters. The predicted molar refractivity (Wildman–Crippen MR) is 80.3 cm³/mol. The van der Waals surface area contributed by atoms with E-state index in [-0.39, 0.29) is 17.5 Å². The molecule has 0 saturated heterocycles. The van der Waals surface area contributed by atoms with Crippen LogP contribution in [0, 0.1) is 17.7 Å². The first kappa shape index (κ1) is 13.8. The van der Waals surface area contributed by atoms with Crippen molar-refractivity contribution >= 4 is 5.91 Å². The summed E-state index contributed by atoms with van der Waals surface area (Å²) in [7, 11) is 0. The number of amides is 1. The minimum atomic E-state index is -0.481. The Labute approximate surface area is 124 Å². The molecule has 1 fully saturated rings. The first-order valence-corrected chi connectivity index (χ1v) is 7.27.